The van der Waals surface area contributed by atoms with Crippen molar-refractivity contribution in [2.45, 2.75) is 69.7 Å². The largest absolute Gasteiger partial charge is 0.462 e. The van der Waals surface area contributed by atoms with E-state index in [9.17, 15) is 10.1 Å². The molecule has 4 aliphatic rings. The van der Waals surface area contributed by atoms with E-state index in [2.05, 4.69) is 64.2 Å². The van der Waals surface area contributed by atoms with Crippen molar-refractivity contribution in [1.82, 2.24) is 19.8 Å². The van der Waals surface area contributed by atoms with E-state index in [0.717, 1.165) is 48.6 Å². The van der Waals surface area contributed by atoms with E-state index in [-0.39, 0.29) is 25.2 Å². The third-order valence-electron chi connectivity index (χ3n) is 10.9. The Morgan fingerprint density at radius 1 is 0.920 bits per heavy atom. The zero-order valence-corrected chi connectivity index (χ0v) is 28.8. The fraction of sp³-hybridized carbons (Fsp3) is 0.450. The second kappa shape index (κ2) is 14.2. The lowest BCUT2D eigenvalue weighted by Crippen LogP contribution is -2.55. The van der Waals surface area contributed by atoms with E-state index < -0.39 is 0 Å². The Hall–Kier alpha value is -4.88. The maximum absolute atomic E-state index is 13.3. The van der Waals surface area contributed by atoms with Crippen LogP contribution in [0.25, 0.3) is 10.8 Å². The van der Waals surface area contributed by atoms with Crippen molar-refractivity contribution in [1.29, 1.82) is 5.26 Å². The van der Waals surface area contributed by atoms with Crippen molar-refractivity contribution in [3.63, 3.8) is 0 Å². The molecule has 1 amide bonds. The number of carbonyl (C=O) groups is 1. The van der Waals surface area contributed by atoms with Gasteiger partial charge in [0.25, 0.3) is 0 Å². The molecule has 3 aromatic carbocycles. The first-order valence-electron chi connectivity index (χ1n) is 18.1. The summed E-state index contributed by atoms with van der Waals surface area (Å²) in [6.07, 6.45) is 5.40. The van der Waals surface area contributed by atoms with Crippen LogP contribution in [-0.4, -0.2) is 84.3 Å². The molecule has 10 nitrogen and oxygen atoms in total. The smallest absolute Gasteiger partial charge is 0.410 e. The van der Waals surface area contributed by atoms with Crippen molar-refractivity contribution in [2.24, 2.45) is 0 Å². The predicted octanol–water partition coefficient (Wildman–Crippen LogP) is 6.28. The molecular weight excluding hydrogens is 626 g/mol. The van der Waals surface area contributed by atoms with Crippen molar-refractivity contribution in [3.8, 4) is 12.1 Å². The van der Waals surface area contributed by atoms with Gasteiger partial charge in [-0.1, -0.05) is 60.7 Å². The Balaban J connectivity index is 1.07. The molecule has 8 rings (SSSR count). The maximum Gasteiger partial charge on any atom is 0.410 e. The van der Waals surface area contributed by atoms with Crippen molar-refractivity contribution in [2.75, 3.05) is 56.2 Å². The number of hydrogen-bond acceptors (Lipinski definition) is 9. The van der Waals surface area contributed by atoms with Gasteiger partial charge in [-0.3, -0.25) is 0 Å². The second-order valence-electron chi connectivity index (χ2n) is 14.2. The lowest BCUT2D eigenvalue weighted by molar-refractivity contribution is 0.0767. The summed E-state index contributed by atoms with van der Waals surface area (Å²) in [5, 5.41) is 12.4. The Morgan fingerprint density at radius 3 is 2.54 bits per heavy atom. The third kappa shape index (κ3) is 6.67. The van der Waals surface area contributed by atoms with Gasteiger partial charge in [-0.15, -0.1) is 0 Å². The number of hydrogen-bond donors (Lipinski definition) is 0. The fourth-order valence-electron chi connectivity index (χ4n) is 8.00. The first-order valence-corrected chi connectivity index (χ1v) is 18.1. The zero-order chi connectivity index (χ0) is 34.0. The highest BCUT2D eigenvalue weighted by molar-refractivity contribution is 5.97. The molecule has 0 radical (unpaired) electrons. The van der Waals surface area contributed by atoms with Crippen LogP contribution in [0.3, 0.4) is 0 Å². The van der Waals surface area contributed by atoms with Crippen molar-refractivity contribution >= 4 is 28.4 Å². The first-order chi connectivity index (χ1) is 24.6. The number of likely N-dealkylation sites (N-methyl/N-ethyl adjacent to an activating group) is 1. The summed E-state index contributed by atoms with van der Waals surface area (Å²) in [7, 11) is 2.15. The van der Waals surface area contributed by atoms with E-state index in [0.29, 0.717) is 50.8 Å². The number of nitriles is 1. The number of aromatic nitrogens is 2. The summed E-state index contributed by atoms with van der Waals surface area (Å²) in [6.45, 7) is 4.83. The van der Waals surface area contributed by atoms with Crippen LogP contribution in [0.5, 0.6) is 6.01 Å². The summed E-state index contributed by atoms with van der Waals surface area (Å²) in [5.41, 5.74) is 5.77. The molecule has 0 bridgehead atoms. The maximum atomic E-state index is 13.3. The summed E-state index contributed by atoms with van der Waals surface area (Å²) >= 11 is 0. The van der Waals surface area contributed by atoms with Gasteiger partial charge in [0.15, 0.2) is 0 Å². The molecule has 4 aromatic rings. The number of amides is 1. The molecule has 1 aromatic heterocycles. The SMILES string of the molecule is CN1CCC[C@H]1COc1nc2c(c(N3CCN(C(=O)OCc4ccccc4)[C@@H](CC#N)C3)n1)CCN(c1cccc3cccc(C4CC4)c13)C2. The van der Waals surface area contributed by atoms with Gasteiger partial charge in [-0.2, -0.15) is 15.2 Å². The molecule has 0 unspecified atom stereocenters. The standard InChI is InChI=1S/C40H45N7O3/c1-44-20-7-12-32(44)27-49-39-42-35-25-45(36-14-6-11-30-10-5-13-33(37(30)36)29-15-16-29)21-18-34(35)38(43-39)46-22-23-47(31(24-46)17-19-41)40(48)50-26-28-8-3-2-4-9-28/h2-6,8-11,13-14,29,31-32H,7,12,15-18,20-27H2,1H3/t31-,32-/m0/s1. The molecule has 258 valence electrons. The minimum Gasteiger partial charge on any atom is -0.462 e. The number of carbonyl (C=O) groups excluding carboxylic acids is 1. The van der Waals surface area contributed by atoms with Crippen LogP contribution < -0.4 is 14.5 Å². The van der Waals surface area contributed by atoms with Gasteiger partial charge in [-0.05, 0) is 74.2 Å². The fourth-order valence-corrected chi connectivity index (χ4v) is 8.00. The molecule has 1 saturated carbocycles. The van der Waals surface area contributed by atoms with E-state index in [1.807, 2.05) is 30.3 Å². The average Bonchev–Trinajstić information content (AvgIpc) is 3.92. The molecule has 0 spiro atoms. The van der Waals surface area contributed by atoms with Crippen LogP contribution in [0.1, 0.15) is 60.4 Å². The minimum atomic E-state index is -0.389. The number of benzene rings is 3. The molecule has 1 aliphatic carbocycles. The van der Waals surface area contributed by atoms with Crippen molar-refractivity contribution < 1.29 is 14.3 Å². The Kier molecular flexibility index (Phi) is 9.15. The minimum absolute atomic E-state index is 0.199. The highest BCUT2D eigenvalue weighted by Gasteiger charge is 2.35. The Bertz CT molecular complexity index is 1890. The normalized spacial score (nSPS) is 20.8. The van der Waals surface area contributed by atoms with Crippen LogP contribution in [0, 0.1) is 11.3 Å². The summed E-state index contributed by atoms with van der Waals surface area (Å²) in [4.78, 5) is 32.2. The lowest BCUT2D eigenvalue weighted by Gasteiger charge is -2.42. The number of rotatable bonds is 9. The summed E-state index contributed by atoms with van der Waals surface area (Å²) < 4.78 is 12.1. The van der Waals surface area contributed by atoms with Gasteiger partial charge in [0, 0.05) is 48.9 Å². The van der Waals surface area contributed by atoms with Crippen LogP contribution in [0.15, 0.2) is 66.7 Å². The van der Waals surface area contributed by atoms with Gasteiger partial charge in [0.05, 0.1) is 30.8 Å². The van der Waals surface area contributed by atoms with Crippen LogP contribution in [0.2, 0.25) is 0 Å². The highest BCUT2D eigenvalue weighted by atomic mass is 16.6. The highest BCUT2D eigenvalue weighted by Crippen LogP contribution is 2.46. The number of likely N-dealkylation sites (tertiary alicyclic amines) is 1. The number of fused-ring (bicyclic) bond motifs is 2. The second-order valence-corrected chi connectivity index (χ2v) is 14.2. The van der Waals surface area contributed by atoms with Gasteiger partial charge >= 0.3 is 12.1 Å². The molecule has 0 N–H and O–H groups in total. The van der Waals surface area contributed by atoms with Crippen molar-refractivity contribution in [3.05, 3.63) is 89.1 Å². The van der Waals surface area contributed by atoms with E-state index in [4.69, 9.17) is 19.4 Å². The number of ether oxygens (including phenoxy) is 2. The lowest BCUT2D eigenvalue weighted by atomic mass is 9.97. The summed E-state index contributed by atoms with van der Waals surface area (Å²) in [5.74, 6) is 1.51. The van der Waals surface area contributed by atoms with Gasteiger partial charge in [-0.25, -0.2) is 4.79 Å². The molecule has 50 heavy (non-hydrogen) atoms. The quantitative estimate of drug-likeness (QED) is 0.204. The third-order valence-corrected chi connectivity index (χ3v) is 10.9. The van der Waals surface area contributed by atoms with E-state index >= 15 is 0 Å². The zero-order valence-electron chi connectivity index (χ0n) is 28.8. The molecular formula is C40H45N7O3. The molecule has 3 fully saturated rings. The van der Waals surface area contributed by atoms with E-state index in [1.165, 1.54) is 41.3 Å². The molecule has 2 saturated heterocycles. The molecule has 10 heteroatoms. The molecule has 2 atom stereocenters. The summed E-state index contributed by atoms with van der Waals surface area (Å²) in [6, 6.07) is 25.8. The van der Waals surface area contributed by atoms with Gasteiger partial charge in [0.2, 0.25) is 0 Å². The first kappa shape index (κ1) is 32.3. The van der Waals surface area contributed by atoms with Crippen LogP contribution in [-0.2, 0) is 24.3 Å². The van der Waals surface area contributed by atoms with Gasteiger partial charge < -0.3 is 29.1 Å². The number of piperazine rings is 1. The molecule has 3 aliphatic heterocycles. The number of nitrogens with zero attached hydrogens (tertiary/aromatic N) is 7. The van der Waals surface area contributed by atoms with Gasteiger partial charge in [0.1, 0.15) is 19.0 Å². The van der Waals surface area contributed by atoms with Crippen LogP contribution >= 0.6 is 0 Å². The Morgan fingerprint density at radius 2 is 1.76 bits per heavy atom. The molecule has 4 heterocycles. The monoisotopic (exact) mass is 671 g/mol. The average molecular weight is 672 g/mol. The Labute approximate surface area is 294 Å². The van der Waals surface area contributed by atoms with Crippen LogP contribution in [0.4, 0.5) is 16.3 Å². The number of anilines is 2. The topological polar surface area (TPSA) is 98.1 Å². The van der Waals surface area contributed by atoms with E-state index in [1.54, 1.807) is 4.90 Å². The predicted molar refractivity (Wildman–Crippen MR) is 193 cm³/mol.